The molecule has 0 radical (unpaired) electrons. The van der Waals surface area contributed by atoms with Crippen LogP contribution in [0, 0.1) is 0 Å². The predicted octanol–water partition coefficient (Wildman–Crippen LogP) is 2.92. The Balaban J connectivity index is 2.03. The second kappa shape index (κ2) is 7.19. The summed E-state index contributed by atoms with van der Waals surface area (Å²) in [5.74, 6) is -1.18. The highest BCUT2D eigenvalue weighted by molar-refractivity contribution is 8.26. The largest absolute Gasteiger partial charge is 0.481 e. The molecular weight excluding hydrogens is 306 g/mol. The number of thioether (sulfide) groups is 1. The summed E-state index contributed by atoms with van der Waals surface area (Å²) in [6.07, 6.45) is 5.27. The molecule has 1 saturated heterocycles. The fourth-order valence-electron chi connectivity index (χ4n) is 1.73. The number of carboxylic acids is 1. The fourth-order valence-corrected chi connectivity index (χ4v) is 2.99. The van der Waals surface area contributed by atoms with E-state index in [0.717, 1.165) is 5.56 Å². The van der Waals surface area contributed by atoms with Crippen LogP contribution < -0.4 is 0 Å². The predicted molar refractivity (Wildman–Crippen MR) is 87.7 cm³/mol. The molecule has 0 atom stereocenters. The maximum atomic E-state index is 12.1. The highest BCUT2D eigenvalue weighted by atomic mass is 32.2. The fraction of sp³-hybridized carbons (Fsp3) is 0.133. The van der Waals surface area contributed by atoms with E-state index < -0.39 is 5.97 Å². The van der Waals surface area contributed by atoms with Crippen molar-refractivity contribution in [3.63, 3.8) is 0 Å². The van der Waals surface area contributed by atoms with Crippen LogP contribution in [0.1, 0.15) is 12.0 Å². The molecule has 0 unspecified atom stereocenters. The van der Waals surface area contributed by atoms with Gasteiger partial charge in [0, 0.05) is 6.54 Å². The standard InChI is InChI=1S/C15H13NO3S2/c17-13(18)9-10-16-14(19)12(21-15(16)20)8-4-7-11-5-2-1-3-6-11/h1-8H,9-10H2,(H,17,18)/b7-4+,12-8+. The third kappa shape index (κ3) is 4.27. The van der Waals surface area contributed by atoms with Gasteiger partial charge in [-0.15, -0.1) is 0 Å². The van der Waals surface area contributed by atoms with Crippen LogP contribution >= 0.6 is 24.0 Å². The zero-order valence-electron chi connectivity index (χ0n) is 11.1. The van der Waals surface area contributed by atoms with Crippen LogP contribution in [0.15, 0.2) is 47.4 Å². The molecule has 0 aliphatic carbocycles. The van der Waals surface area contributed by atoms with Gasteiger partial charge < -0.3 is 5.11 Å². The van der Waals surface area contributed by atoms with Crippen LogP contribution in [0.5, 0.6) is 0 Å². The van der Waals surface area contributed by atoms with E-state index in [2.05, 4.69) is 0 Å². The Morgan fingerprint density at radius 2 is 2.05 bits per heavy atom. The molecule has 1 N–H and O–H groups in total. The summed E-state index contributed by atoms with van der Waals surface area (Å²) in [5.41, 5.74) is 1.04. The van der Waals surface area contributed by atoms with Gasteiger partial charge in [-0.1, -0.05) is 66.5 Å². The second-order valence-corrected chi connectivity index (χ2v) is 5.94. The molecule has 1 aliphatic rings. The maximum Gasteiger partial charge on any atom is 0.305 e. The third-order valence-electron chi connectivity index (χ3n) is 2.76. The van der Waals surface area contributed by atoms with Gasteiger partial charge in [-0.25, -0.2) is 0 Å². The second-order valence-electron chi connectivity index (χ2n) is 4.27. The Kier molecular flexibility index (Phi) is 5.30. The molecule has 0 spiro atoms. The molecular formula is C15H13NO3S2. The van der Waals surface area contributed by atoms with E-state index in [-0.39, 0.29) is 18.9 Å². The van der Waals surface area contributed by atoms with Crippen LogP contribution in [0.4, 0.5) is 0 Å². The Morgan fingerprint density at radius 1 is 1.33 bits per heavy atom. The zero-order chi connectivity index (χ0) is 15.2. The number of amides is 1. The van der Waals surface area contributed by atoms with Crippen molar-refractivity contribution in [3.8, 4) is 0 Å². The Morgan fingerprint density at radius 3 is 2.71 bits per heavy atom. The molecule has 0 bridgehead atoms. The number of hydrogen-bond donors (Lipinski definition) is 1. The monoisotopic (exact) mass is 319 g/mol. The normalized spacial score (nSPS) is 17.1. The quantitative estimate of drug-likeness (QED) is 0.668. The minimum Gasteiger partial charge on any atom is -0.481 e. The lowest BCUT2D eigenvalue weighted by atomic mass is 10.2. The van der Waals surface area contributed by atoms with E-state index in [4.69, 9.17) is 17.3 Å². The van der Waals surface area contributed by atoms with Crippen molar-refractivity contribution in [2.75, 3.05) is 6.54 Å². The number of allylic oxidation sites excluding steroid dienone is 2. The summed E-state index contributed by atoms with van der Waals surface area (Å²) in [6, 6.07) is 9.73. The lowest BCUT2D eigenvalue weighted by Gasteiger charge is -2.12. The van der Waals surface area contributed by atoms with Gasteiger partial charge in [0.05, 0.1) is 11.3 Å². The van der Waals surface area contributed by atoms with E-state index >= 15 is 0 Å². The van der Waals surface area contributed by atoms with Gasteiger partial charge in [0.2, 0.25) is 0 Å². The molecule has 1 aromatic rings. The van der Waals surface area contributed by atoms with Crippen molar-refractivity contribution in [3.05, 3.63) is 53.0 Å². The van der Waals surface area contributed by atoms with Gasteiger partial charge in [0.25, 0.3) is 5.91 Å². The third-order valence-corrected chi connectivity index (χ3v) is 4.15. The first-order chi connectivity index (χ1) is 10.1. The molecule has 1 aliphatic heterocycles. The summed E-state index contributed by atoms with van der Waals surface area (Å²) in [4.78, 5) is 24.5. The van der Waals surface area contributed by atoms with Crippen molar-refractivity contribution >= 4 is 46.3 Å². The van der Waals surface area contributed by atoms with Crippen molar-refractivity contribution in [1.29, 1.82) is 0 Å². The van der Waals surface area contributed by atoms with Gasteiger partial charge >= 0.3 is 5.97 Å². The Hall–Kier alpha value is -1.92. The molecule has 6 heteroatoms. The number of hydrogen-bond acceptors (Lipinski definition) is 4. The van der Waals surface area contributed by atoms with Gasteiger partial charge in [-0.05, 0) is 11.6 Å². The van der Waals surface area contributed by atoms with Gasteiger partial charge in [0.1, 0.15) is 4.32 Å². The molecule has 21 heavy (non-hydrogen) atoms. The molecule has 1 fully saturated rings. The number of nitrogens with zero attached hydrogens (tertiary/aromatic N) is 1. The minimum absolute atomic E-state index is 0.111. The molecule has 1 amide bonds. The van der Waals surface area contributed by atoms with Crippen molar-refractivity contribution in [1.82, 2.24) is 4.90 Å². The van der Waals surface area contributed by atoms with E-state index in [1.54, 1.807) is 12.2 Å². The number of thiocarbonyl (C=S) groups is 1. The van der Waals surface area contributed by atoms with Crippen molar-refractivity contribution in [2.45, 2.75) is 6.42 Å². The summed E-state index contributed by atoms with van der Waals surface area (Å²) < 4.78 is 0.403. The summed E-state index contributed by atoms with van der Waals surface area (Å²) in [5, 5.41) is 8.67. The van der Waals surface area contributed by atoms with Crippen LogP contribution in [0.25, 0.3) is 6.08 Å². The van der Waals surface area contributed by atoms with Crippen molar-refractivity contribution in [2.24, 2.45) is 0 Å². The molecule has 0 aromatic heterocycles. The smallest absolute Gasteiger partial charge is 0.305 e. The van der Waals surface area contributed by atoms with E-state index in [1.807, 2.05) is 36.4 Å². The first-order valence-electron chi connectivity index (χ1n) is 6.27. The highest BCUT2D eigenvalue weighted by Crippen LogP contribution is 2.31. The van der Waals surface area contributed by atoms with Crippen LogP contribution in [-0.2, 0) is 9.59 Å². The average Bonchev–Trinajstić information content (AvgIpc) is 2.72. The minimum atomic E-state index is -0.947. The SMILES string of the molecule is O=C(O)CCN1C(=O)/C(=C\C=C\c2ccccc2)SC1=S. The highest BCUT2D eigenvalue weighted by Gasteiger charge is 2.31. The van der Waals surface area contributed by atoms with Gasteiger partial charge in [0.15, 0.2) is 0 Å². The molecule has 0 saturated carbocycles. The maximum absolute atomic E-state index is 12.1. The summed E-state index contributed by atoms with van der Waals surface area (Å²) in [6.45, 7) is 0.111. The first kappa shape index (κ1) is 15.5. The van der Waals surface area contributed by atoms with E-state index in [1.165, 1.54) is 16.7 Å². The number of carbonyl (C=O) groups is 2. The first-order valence-corrected chi connectivity index (χ1v) is 7.49. The molecule has 1 aromatic carbocycles. The molecule has 108 valence electrons. The summed E-state index contributed by atoms with van der Waals surface area (Å²) in [7, 11) is 0. The number of aliphatic carboxylic acids is 1. The average molecular weight is 319 g/mol. The zero-order valence-corrected chi connectivity index (χ0v) is 12.7. The number of benzene rings is 1. The molecule has 4 nitrogen and oxygen atoms in total. The van der Waals surface area contributed by atoms with Crippen LogP contribution in [-0.4, -0.2) is 32.7 Å². The summed E-state index contributed by atoms with van der Waals surface area (Å²) >= 11 is 6.29. The molecule has 1 heterocycles. The van der Waals surface area contributed by atoms with E-state index in [9.17, 15) is 9.59 Å². The van der Waals surface area contributed by atoms with Crippen LogP contribution in [0.2, 0.25) is 0 Å². The van der Waals surface area contributed by atoms with Crippen LogP contribution in [0.3, 0.4) is 0 Å². The van der Waals surface area contributed by atoms with Gasteiger partial charge in [-0.3, -0.25) is 14.5 Å². The lowest BCUT2D eigenvalue weighted by molar-refractivity contribution is -0.137. The molecule has 2 rings (SSSR count). The number of rotatable bonds is 5. The number of carbonyl (C=O) groups excluding carboxylic acids is 1. The van der Waals surface area contributed by atoms with Crippen molar-refractivity contribution < 1.29 is 14.7 Å². The number of carboxylic acid groups (broad SMARTS) is 1. The lowest BCUT2D eigenvalue weighted by Crippen LogP contribution is -2.30. The van der Waals surface area contributed by atoms with Gasteiger partial charge in [-0.2, -0.15) is 0 Å². The topological polar surface area (TPSA) is 57.6 Å². The van der Waals surface area contributed by atoms with E-state index in [0.29, 0.717) is 9.23 Å². The Bertz CT molecular complexity index is 623. The Labute approximate surface area is 132 Å².